The van der Waals surface area contributed by atoms with Crippen molar-refractivity contribution in [1.82, 2.24) is 14.9 Å². The number of rotatable bonds is 10. The Kier molecular flexibility index (Phi) is 9.76. The SMILES string of the molecule is C[C@H]1[C@@H](CSc2nccn2C)O[C@@H](c2cccc(-c3cccc(CNC(=O)c4ccccc4)c3)c2)O[C@H]1c1ccc(CO)cc1. The second-order valence-corrected chi connectivity index (χ2v) is 12.3. The molecule has 1 aromatic heterocycles. The summed E-state index contributed by atoms with van der Waals surface area (Å²) in [6.45, 7) is 2.60. The number of aryl methyl sites for hydroxylation is 1. The fourth-order valence-corrected chi connectivity index (χ4v) is 6.65. The first-order valence-electron chi connectivity index (χ1n) is 15.1. The summed E-state index contributed by atoms with van der Waals surface area (Å²) in [5, 5.41) is 13.5. The van der Waals surface area contributed by atoms with Gasteiger partial charge in [0.1, 0.15) is 0 Å². The third-order valence-corrected chi connectivity index (χ3v) is 9.33. The Balaban J connectivity index is 1.22. The number of aliphatic hydroxyl groups excluding tert-OH is 1. The van der Waals surface area contributed by atoms with Crippen molar-refractivity contribution in [1.29, 1.82) is 0 Å². The maximum absolute atomic E-state index is 12.6. The predicted octanol–water partition coefficient (Wildman–Crippen LogP) is 7.09. The largest absolute Gasteiger partial charge is 0.392 e. The zero-order valence-electron chi connectivity index (χ0n) is 25.4. The van der Waals surface area contributed by atoms with Crippen LogP contribution in [-0.2, 0) is 29.7 Å². The highest BCUT2D eigenvalue weighted by Crippen LogP contribution is 2.43. The summed E-state index contributed by atoms with van der Waals surface area (Å²) in [5.41, 5.74) is 6.60. The third kappa shape index (κ3) is 7.37. The first-order valence-corrected chi connectivity index (χ1v) is 16.1. The lowest BCUT2D eigenvalue weighted by Crippen LogP contribution is -2.38. The van der Waals surface area contributed by atoms with E-state index < -0.39 is 6.29 Å². The number of hydrogen-bond donors (Lipinski definition) is 2. The van der Waals surface area contributed by atoms with Gasteiger partial charge in [-0.05, 0) is 52.1 Å². The van der Waals surface area contributed by atoms with E-state index >= 15 is 0 Å². The molecule has 1 fully saturated rings. The molecule has 6 rings (SSSR count). The number of ether oxygens (including phenoxy) is 2. The van der Waals surface area contributed by atoms with Gasteiger partial charge < -0.3 is 24.5 Å². The summed E-state index contributed by atoms with van der Waals surface area (Å²) in [6.07, 6.45) is 2.91. The van der Waals surface area contributed by atoms with Gasteiger partial charge in [0.05, 0.1) is 18.8 Å². The van der Waals surface area contributed by atoms with Crippen LogP contribution >= 0.6 is 11.8 Å². The van der Waals surface area contributed by atoms with Crippen LogP contribution in [0.15, 0.2) is 121 Å². The summed E-state index contributed by atoms with van der Waals surface area (Å²) in [6, 6.07) is 33.7. The van der Waals surface area contributed by atoms with Crippen molar-refractivity contribution >= 4 is 17.7 Å². The molecule has 7 nitrogen and oxygen atoms in total. The molecule has 1 aliphatic heterocycles. The normalized spacial score (nSPS) is 19.7. The molecule has 2 heterocycles. The van der Waals surface area contributed by atoms with Crippen molar-refractivity contribution in [2.24, 2.45) is 13.0 Å². The van der Waals surface area contributed by atoms with Gasteiger partial charge in [0, 0.05) is 48.8 Å². The monoisotopic (exact) mass is 619 g/mol. The van der Waals surface area contributed by atoms with Crippen LogP contribution in [-0.4, -0.2) is 32.4 Å². The van der Waals surface area contributed by atoms with Gasteiger partial charge >= 0.3 is 0 Å². The quantitative estimate of drug-likeness (QED) is 0.162. The molecule has 8 heteroatoms. The number of hydrogen-bond acceptors (Lipinski definition) is 6. The Morgan fingerprint density at radius 1 is 0.889 bits per heavy atom. The number of nitrogens with zero attached hydrogens (tertiary/aromatic N) is 2. The average Bonchev–Trinajstić information content (AvgIpc) is 3.51. The van der Waals surface area contributed by atoms with Gasteiger partial charge in [-0.1, -0.05) is 97.5 Å². The summed E-state index contributed by atoms with van der Waals surface area (Å²) >= 11 is 1.68. The molecule has 230 valence electrons. The predicted molar refractivity (Wildman–Crippen MR) is 176 cm³/mol. The van der Waals surface area contributed by atoms with Crippen molar-refractivity contribution in [2.75, 3.05) is 5.75 Å². The highest BCUT2D eigenvalue weighted by Gasteiger charge is 2.38. The lowest BCUT2D eigenvalue weighted by molar-refractivity contribution is -0.268. The maximum atomic E-state index is 12.6. The van der Waals surface area contributed by atoms with Crippen molar-refractivity contribution in [3.63, 3.8) is 0 Å². The minimum atomic E-state index is -0.566. The van der Waals surface area contributed by atoms with Crippen molar-refractivity contribution in [3.8, 4) is 11.1 Å². The Morgan fingerprint density at radius 3 is 2.38 bits per heavy atom. The van der Waals surface area contributed by atoms with Crippen LogP contribution < -0.4 is 5.32 Å². The Morgan fingerprint density at radius 2 is 1.64 bits per heavy atom. The molecule has 2 N–H and O–H groups in total. The van der Waals surface area contributed by atoms with E-state index in [-0.39, 0.29) is 30.6 Å². The lowest BCUT2D eigenvalue weighted by Gasteiger charge is -2.41. The molecule has 5 aromatic rings. The number of carbonyl (C=O) groups is 1. The zero-order valence-corrected chi connectivity index (χ0v) is 26.2. The van der Waals surface area contributed by atoms with Crippen LogP contribution in [0, 0.1) is 5.92 Å². The lowest BCUT2D eigenvalue weighted by atomic mass is 9.91. The standard InChI is InChI=1S/C37H37N3O4S/c1-25-33(24-45-37-38-18-19-40(37)2)43-36(44-34(25)28-16-14-26(23-41)15-17-28)32-13-7-12-31(21-32)30-11-6-8-27(20-30)22-39-35(42)29-9-4-3-5-10-29/h3-21,25,33-34,36,41H,22-24H2,1-2H3,(H,39,42)/t25-,33+,34+,36+/m0/s1. The molecule has 0 unspecified atom stereocenters. The van der Waals surface area contributed by atoms with Crippen LogP contribution in [0.5, 0.6) is 0 Å². The molecule has 4 aromatic carbocycles. The van der Waals surface area contributed by atoms with Crippen molar-refractivity contribution in [2.45, 2.75) is 43.7 Å². The molecule has 1 amide bonds. The summed E-state index contributed by atoms with van der Waals surface area (Å²) in [5.74, 6) is 0.716. The van der Waals surface area contributed by atoms with Crippen LogP contribution in [0.4, 0.5) is 0 Å². The number of nitrogens with one attached hydrogen (secondary N) is 1. The van der Waals surface area contributed by atoms with Gasteiger partial charge in [0.25, 0.3) is 5.91 Å². The van der Waals surface area contributed by atoms with Crippen LogP contribution in [0.3, 0.4) is 0 Å². The van der Waals surface area contributed by atoms with Crippen LogP contribution in [0.1, 0.15) is 51.9 Å². The third-order valence-electron chi connectivity index (χ3n) is 8.19. The first kappa shape index (κ1) is 30.8. The second kappa shape index (κ2) is 14.3. The van der Waals surface area contributed by atoms with E-state index in [0.717, 1.165) is 44.3 Å². The molecule has 0 saturated carbocycles. The van der Waals surface area contributed by atoms with E-state index in [9.17, 15) is 9.90 Å². The molecule has 45 heavy (non-hydrogen) atoms. The van der Waals surface area contributed by atoms with Crippen LogP contribution in [0.25, 0.3) is 11.1 Å². The summed E-state index contributed by atoms with van der Waals surface area (Å²) < 4.78 is 15.4. The molecule has 0 bridgehead atoms. The Labute approximate surface area is 268 Å². The molecular formula is C37H37N3O4S. The number of amides is 1. The van der Waals surface area contributed by atoms with E-state index in [1.807, 2.05) is 103 Å². The number of aliphatic hydroxyl groups is 1. The number of thioether (sulfide) groups is 1. The minimum Gasteiger partial charge on any atom is -0.392 e. The van der Waals surface area contributed by atoms with E-state index in [1.54, 1.807) is 11.8 Å². The summed E-state index contributed by atoms with van der Waals surface area (Å²) in [7, 11) is 2.00. The van der Waals surface area contributed by atoms with E-state index in [1.165, 1.54) is 0 Å². The maximum Gasteiger partial charge on any atom is 0.251 e. The minimum absolute atomic E-state index is 0.00339. The van der Waals surface area contributed by atoms with Crippen molar-refractivity contribution < 1.29 is 19.4 Å². The van der Waals surface area contributed by atoms with E-state index in [2.05, 4.69) is 41.5 Å². The highest BCUT2D eigenvalue weighted by molar-refractivity contribution is 7.99. The van der Waals surface area contributed by atoms with Gasteiger partial charge in [0.2, 0.25) is 0 Å². The number of imidazole rings is 1. The second-order valence-electron chi connectivity index (χ2n) is 11.3. The highest BCUT2D eigenvalue weighted by atomic mass is 32.2. The number of aromatic nitrogens is 2. The smallest absolute Gasteiger partial charge is 0.251 e. The van der Waals surface area contributed by atoms with Crippen molar-refractivity contribution in [3.05, 3.63) is 143 Å². The molecule has 1 saturated heterocycles. The Bertz CT molecular complexity index is 1720. The topological polar surface area (TPSA) is 85.6 Å². The Hall–Kier alpha value is -4.21. The molecule has 0 radical (unpaired) electrons. The molecule has 4 atom stereocenters. The fraction of sp³-hybridized carbons (Fsp3) is 0.243. The zero-order chi connectivity index (χ0) is 31.2. The molecule has 0 aliphatic carbocycles. The van der Waals surface area contributed by atoms with Gasteiger partial charge in [-0.2, -0.15) is 0 Å². The van der Waals surface area contributed by atoms with Crippen LogP contribution in [0.2, 0.25) is 0 Å². The number of carbonyl (C=O) groups excluding carboxylic acids is 1. The van der Waals surface area contributed by atoms with E-state index in [0.29, 0.717) is 12.1 Å². The van der Waals surface area contributed by atoms with Gasteiger partial charge in [-0.3, -0.25) is 4.79 Å². The van der Waals surface area contributed by atoms with Gasteiger partial charge in [-0.15, -0.1) is 0 Å². The summed E-state index contributed by atoms with van der Waals surface area (Å²) in [4.78, 5) is 17.1. The average molecular weight is 620 g/mol. The van der Waals surface area contributed by atoms with Gasteiger partial charge in [-0.25, -0.2) is 4.98 Å². The fourth-order valence-electron chi connectivity index (χ4n) is 5.56. The number of benzene rings is 4. The first-order chi connectivity index (χ1) is 22.0. The van der Waals surface area contributed by atoms with E-state index in [4.69, 9.17) is 9.47 Å². The molecular weight excluding hydrogens is 582 g/mol. The molecule has 1 aliphatic rings. The van der Waals surface area contributed by atoms with Gasteiger partial charge in [0.15, 0.2) is 11.4 Å². The molecule has 0 spiro atoms.